The number of hydrogen-bond donors (Lipinski definition) is 1. The van der Waals surface area contributed by atoms with Gasteiger partial charge in [-0.2, -0.15) is 0 Å². The highest BCUT2D eigenvalue weighted by Gasteiger charge is 2.07. The standard InChI is InChI=1S/C16H25NO/c1-12(2)9-10-18-16-14(5)7-6-8-15(16)11-17-13(3)4/h6-8,13,17H,1,9-11H2,2-5H3. The molecular formula is C16H25NO. The van der Waals surface area contributed by atoms with Crippen LogP contribution in [0.25, 0.3) is 0 Å². The highest BCUT2D eigenvalue weighted by Crippen LogP contribution is 2.23. The van der Waals surface area contributed by atoms with E-state index in [1.54, 1.807) is 0 Å². The van der Waals surface area contributed by atoms with Crippen LogP contribution in [0.15, 0.2) is 30.4 Å². The second-order valence-corrected chi connectivity index (χ2v) is 5.15. The van der Waals surface area contributed by atoms with Crippen LogP contribution < -0.4 is 10.1 Å². The van der Waals surface area contributed by atoms with Crippen LogP contribution in [0.1, 0.15) is 38.3 Å². The van der Waals surface area contributed by atoms with Crippen molar-refractivity contribution in [3.05, 3.63) is 41.5 Å². The summed E-state index contributed by atoms with van der Waals surface area (Å²) in [6.07, 6.45) is 0.908. The van der Waals surface area contributed by atoms with Crippen LogP contribution in [0.5, 0.6) is 5.75 Å². The maximum atomic E-state index is 5.91. The van der Waals surface area contributed by atoms with Crippen LogP contribution in [0.2, 0.25) is 0 Å². The summed E-state index contributed by atoms with van der Waals surface area (Å²) >= 11 is 0. The third kappa shape index (κ3) is 4.92. The lowest BCUT2D eigenvalue weighted by Gasteiger charge is -2.16. The first kappa shape index (κ1) is 14.8. The fraction of sp³-hybridized carbons (Fsp3) is 0.500. The van der Waals surface area contributed by atoms with Crippen molar-refractivity contribution >= 4 is 0 Å². The summed E-state index contributed by atoms with van der Waals surface area (Å²) < 4.78 is 5.91. The monoisotopic (exact) mass is 247 g/mol. The molecule has 18 heavy (non-hydrogen) atoms. The predicted octanol–water partition coefficient (Wildman–Crippen LogP) is 3.84. The van der Waals surface area contributed by atoms with Crippen LogP contribution in [-0.4, -0.2) is 12.6 Å². The highest BCUT2D eigenvalue weighted by molar-refractivity contribution is 5.40. The molecule has 2 heteroatoms. The minimum absolute atomic E-state index is 0.480. The Morgan fingerprint density at radius 3 is 2.72 bits per heavy atom. The molecule has 0 unspecified atom stereocenters. The van der Waals surface area contributed by atoms with Gasteiger partial charge in [-0.25, -0.2) is 0 Å². The van der Waals surface area contributed by atoms with Crippen molar-refractivity contribution < 1.29 is 4.74 Å². The molecule has 0 heterocycles. The molecule has 0 aliphatic carbocycles. The number of nitrogens with one attached hydrogen (secondary N) is 1. The molecule has 0 saturated heterocycles. The van der Waals surface area contributed by atoms with E-state index >= 15 is 0 Å². The van der Waals surface area contributed by atoms with Gasteiger partial charge in [0.2, 0.25) is 0 Å². The van der Waals surface area contributed by atoms with Gasteiger partial charge in [-0.15, -0.1) is 6.58 Å². The van der Waals surface area contributed by atoms with E-state index in [0.717, 1.165) is 24.3 Å². The Hall–Kier alpha value is -1.28. The van der Waals surface area contributed by atoms with Crippen molar-refractivity contribution in [2.24, 2.45) is 0 Å². The van der Waals surface area contributed by atoms with Crippen molar-refractivity contribution in [1.29, 1.82) is 0 Å². The number of benzene rings is 1. The molecule has 1 rings (SSSR count). The average molecular weight is 247 g/mol. The summed E-state index contributed by atoms with van der Waals surface area (Å²) in [7, 11) is 0. The quantitative estimate of drug-likeness (QED) is 0.739. The molecule has 0 aromatic heterocycles. The van der Waals surface area contributed by atoms with Gasteiger partial charge in [0, 0.05) is 24.6 Å². The first-order valence-electron chi connectivity index (χ1n) is 6.59. The second-order valence-electron chi connectivity index (χ2n) is 5.15. The molecule has 1 aromatic carbocycles. The fourth-order valence-corrected chi connectivity index (χ4v) is 1.70. The lowest BCUT2D eigenvalue weighted by molar-refractivity contribution is 0.315. The maximum Gasteiger partial charge on any atom is 0.126 e. The molecule has 100 valence electrons. The summed E-state index contributed by atoms with van der Waals surface area (Å²) in [6, 6.07) is 6.78. The molecule has 0 amide bonds. The van der Waals surface area contributed by atoms with Gasteiger partial charge in [0.25, 0.3) is 0 Å². The molecule has 0 bridgehead atoms. The Bertz CT molecular complexity index is 396. The van der Waals surface area contributed by atoms with E-state index < -0.39 is 0 Å². The Morgan fingerprint density at radius 1 is 1.39 bits per heavy atom. The molecule has 2 nitrogen and oxygen atoms in total. The molecule has 0 atom stereocenters. The Kier molecular flexibility index (Phi) is 5.93. The number of rotatable bonds is 7. The lowest BCUT2D eigenvalue weighted by Crippen LogP contribution is -2.22. The second kappa shape index (κ2) is 7.22. The molecule has 1 N–H and O–H groups in total. The van der Waals surface area contributed by atoms with Gasteiger partial charge >= 0.3 is 0 Å². The van der Waals surface area contributed by atoms with E-state index in [2.05, 4.69) is 50.9 Å². The van der Waals surface area contributed by atoms with Crippen molar-refractivity contribution in [1.82, 2.24) is 5.32 Å². The van der Waals surface area contributed by atoms with E-state index in [1.165, 1.54) is 11.1 Å². The molecule has 0 aliphatic rings. The van der Waals surface area contributed by atoms with Gasteiger partial charge < -0.3 is 10.1 Å². The van der Waals surface area contributed by atoms with Gasteiger partial charge in [0.1, 0.15) is 5.75 Å². The van der Waals surface area contributed by atoms with Crippen LogP contribution >= 0.6 is 0 Å². The number of ether oxygens (including phenoxy) is 1. The number of aryl methyl sites for hydroxylation is 1. The van der Waals surface area contributed by atoms with Gasteiger partial charge in [-0.1, -0.05) is 37.6 Å². The number of hydrogen-bond acceptors (Lipinski definition) is 2. The van der Waals surface area contributed by atoms with E-state index in [-0.39, 0.29) is 0 Å². The number of para-hydroxylation sites is 1. The predicted molar refractivity (Wildman–Crippen MR) is 78.1 cm³/mol. The largest absolute Gasteiger partial charge is 0.493 e. The average Bonchev–Trinajstić information content (AvgIpc) is 2.28. The van der Waals surface area contributed by atoms with Crippen LogP contribution in [-0.2, 0) is 6.54 Å². The van der Waals surface area contributed by atoms with Crippen molar-refractivity contribution in [2.45, 2.75) is 46.7 Å². The molecule has 0 fully saturated rings. The van der Waals surface area contributed by atoms with Crippen LogP contribution in [0.3, 0.4) is 0 Å². The minimum atomic E-state index is 0.480. The minimum Gasteiger partial charge on any atom is -0.493 e. The van der Waals surface area contributed by atoms with Crippen molar-refractivity contribution in [2.75, 3.05) is 6.61 Å². The summed E-state index contributed by atoms with van der Waals surface area (Å²) in [6.45, 7) is 13.9. The van der Waals surface area contributed by atoms with E-state index in [0.29, 0.717) is 12.6 Å². The topological polar surface area (TPSA) is 21.3 Å². The molecular weight excluding hydrogens is 222 g/mol. The Balaban J connectivity index is 2.70. The van der Waals surface area contributed by atoms with Crippen molar-refractivity contribution in [3.63, 3.8) is 0 Å². The first-order chi connectivity index (χ1) is 8.50. The molecule has 0 radical (unpaired) electrons. The fourth-order valence-electron chi connectivity index (χ4n) is 1.70. The van der Waals surface area contributed by atoms with E-state index in [1.807, 2.05) is 6.92 Å². The van der Waals surface area contributed by atoms with Crippen LogP contribution in [0, 0.1) is 6.92 Å². The SMILES string of the molecule is C=C(C)CCOc1c(C)cccc1CNC(C)C. The summed E-state index contributed by atoms with van der Waals surface area (Å²) in [5, 5.41) is 3.43. The lowest BCUT2D eigenvalue weighted by atomic mass is 10.1. The van der Waals surface area contributed by atoms with E-state index in [4.69, 9.17) is 4.74 Å². The summed E-state index contributed by atoms with van der Waals surface area (Å²) in [4.78, 5) is 0. The first-order valence-corrected chi connectivity index (χ1v) is 6.59. The highest BCUT2D eigenvalue weighted by atomic mass is 16.5. The maximum absolute atomic E-state index is 5.91. The zero-order valence-electron chi connectivity index (χ0n) is 12.0. The zero-order valence-corrected chi connectivity index (χ0v) is 12.0. The van der Waals surface area contributed by atoms with Gasteiger partial charge in [-0.05, 0) is 19.4 Å². The third-order valence-electron chi connectivity index (χ3n) is 2.77. The normalized spacial score (nSPS) is 10.7. The van der Waals surface area contributed by atoms with Gasteiger partial charge in [-0.3, -0.25) is 0 Å². The van der Waals surface area contributed by atoms with Crippen molar-refractivity contribution in [3.8, 4) is 5.75 Å². The molecule has 0 saturated carbocycles. The van der Waals surface area contributed by atoms with E-state index in [9.17, 15) is 0 Å². The summed E-state index contributed by atoms with van der Waals surface area (Å²) in [5.74, 6) is 1.02. The molecule has 0 aliphatic heterocycles. The third-order valence-corrected chi connectivity index (χ3v) is 2.77. The van der Waals surface area contributed by atoms with Gasteiger partial charge in [0.05, 0.1) is 6.61 Å². The molecule has 1 aromatic rings. The zero-order chi connectivity index (χ0) is 13.5. The smallest absolute Gasteiger partial charge is 0.126 e. The molecule has 0 spiro atoms. The summed E-state index contributed by atoms with van der Waals surface area (Å²) in [5.41, 5.74) is 3.58. The van der Waals surface area contributed by atoms with Gasteiger partial charge in [0.15, 0.2) is 0 Å². The Labute approximate surface area is 111 Å². The Morgan fingerprint density at radius 2 is 2.11 bits per heavy atom. The van der Waals surface area contributed by atoms with Crippen LogP contribution in [0.4, 0.5) is 0 Å².